The lowest BCUT2D eigenvalue weighted by Gasteiger charge is -2.49. The number of hydrazine groups is 1. The lowest BCUT2D eigenvalue weighted by Crippen LogP contribution is -2.56. The Balaban J connectivity index is 2.78. The molecule has 0 aromatic rings. The zero-order chi connectivity index (χ0) is 15.1. The summed E-state index contributed by atoms with van der Waals surface area (Å²) in [7, 11) is -1.67. The van der Waals surface area contributed by atoms with Gasteiger partial charge in [0, 0.05) is 12.1 Å². The highest BCUT2D eigenvalue weighted by molar-refractivity contribution is 6.74. The second-order valence-corrected chi connectivity index (χ2v) is 13.3. The molecule has 3 atom stereocenters. The maximum absolute atomic E-state index is 6.61. The Morgan fingerprint density at radius 2 is 1.79 bits per heavy atom. The van der Waals surface area contributed by atoms with Gasteiger partial charge in [-0.05, 0) is 42.3 Å². The van der Waals surface area contributed by atoms with Crippen molar-refractivity contribution in [2.45, 2.75) is 84.7 Å². The van der Waals surface area contributed by atoms with Crippen LogP contribution in [0.1, 0.15) is 54.4 Å². The van der Waals surface area contributed by atoms with E-state index >= 15 is 0 Å². The number of hydrogen-bond acceptors (Lipinski definition) is 3. The van der Waals surface area contributed by atoms with Gasteiger partial charge in [0.25, 0.3) is 0 Å². The zero-order valence-electron chi connectivity index (χ0n) is 14.1. The lowest BCUT2D eigenvalue weighted by molar-refractivity contribution is 0.0159. The second kappa shape index (κ2) is 5.47. The first kappa shape index (κ1) is 17.1. The van der Waals surface area contributed by atoms with Crippen LogP contribution in [0.25, 0.3) is 0 Å². The van der Waals surface area contributed by atoms with Gasteiger partial charge in [-0.3, -0.25) is 11.3 Å². The van der Waals surface area contributed by atoms with E-state index in [0.717, 1.165) is 12.8 Å². The molecule has 0 bridgehead atoms. The van der Waals surface area contributed by atoms with Gasteiger partial charge in [-0.2, -0.15) is 0 Å². The zero-order valence-corrected chi connectivity index (χ0v) is 15.1. The topological polar surface area (TPSA) is 47.3 Å². The van der Waals surface area contributed by atoms with Gasteiger partial charge < -0.3 is 4.43 Å². The molecular weight excluding hydrogens is 252 g/mol. The molecule has 0 amide bonds. The minimum absolute atomic E-state index is 0.194. The highest BCUT2D eigenvalue weighted by Crippen LogP contribution is 2.44. The highest BCUT2D eigenvalue weighted by atomic mass is 28.4. The molecule has 0 aliphatic heterocycles. The van der Waals surface area contributed by atoms with Gasteiger partial charge in [0.1, 0.15) is 0 Å². The van der Waals surface area contributed by atoms with Crippen molar-refractivity contribution in [3.05, 3.63) is 0 Å². The first-order valence-electron chi connectivity index (χ1n) is 7.54. The summed E-state index contributed by atoms with van der Waals surface area (Å²) >= 11 is 0. The standard InChI is InChI=1S/C15H34N2OSi/c1-11-9-12(10-15(5,6)13(11)17-16)18-19(7,8)14(2,3)4/h11-13,17H,9-10,16H2,1-8H3/t11-,12-,13?/m1/s1. The molecule has 1 saturated carbocycles. The summed E-state index contributed by atoms with van der Waals surface area (Å²) in [5.74, 6) is 6.29. The van der Waals surface area contributed by atoms with Crippen molar-refractivity contribution < 1.29 is 4.43 Å². The largest absolute Gasteiger partial charge is 0.414 e. The summed E-state index contributed by atoms with van der Waals surface area (Å²) in [4.78, 5) is 0. The molecule has 114 valence electrons. The van der Waals surface area contributed by atoms with Crippen LogP contribution < -0.4 is 11.3 Å². The Bertz CT molecular complexity index is 310. The maximum atomic E-state index is 6.61. The fourth-order valence-corrected chi connectivity index (χ4v) is 4.56. The molecular formula is C15H34N2OSi. The molecule has 3 nitrogen and oxygen atoms in total. The maximum Gasteiger partial charge on any atom is 0.192 e. The van der Waals surface area contributed by atoms with E-state index in [2.05, 4.69) is 60.1 Å². The van der Waals surface area contributed by atoms with Gasteiger partial charge in [0.15, 0.2) is 8.32 Å². The Labute approximate surface area is 120 Å². The number of nitrogens with two attached hydrogens (primary N) is 1. The minimum atomic E-state index is -1.67. The van der Waals surface area contributed by atoms with E-state index in [4.69, 9.17) is 10.3 Å². The molecule has 1 unspecified atom stereocenters. The molecule has 3 N–H and O–H groups in total. The normalized spacial score (nSPS) is 32.4. The fraction of sp³-hybridized carbons (Fsp3) is 1.00. The van der Waals surface area contributed by atoms with Crippen molar-refractivity contribution in [1.82, 2.24) is 5.43 Å². The minimum Gasteiger partial charge on any atom is -0.414 e. The van der Waals surface area contributed by atoms with Crippen LogP contribution in [0.5, 0.6) is 0 Å². The smallest absolute Gasteiger partial charge is 0.192 e. The molecule has 0 aromatic carbocycles. The SMILES string of the molecule is C[C@@H]1C[C@@H](O[Si](C)(C)C(C)(C)C)CC(C)(C)C1NN. The van der Waals surface area contributed by atoms with Crippen LogP contribution in [-0.2, 0) is 4.43 Å². The molecule has 0 spiro atoms. The molecule has 1 aliphatic rings. The van der Waals surface area contributed by atoms with Crippen molar-refractivity contribution >= 4 is 8.32 Å². The summed E-state index contributed by atoms with van der Waals surface area (Å²) in [5, 5.41) is 0.281. The molecule has 0 aromatic heterocycles. The average Bonchev–Trinajstić information content (AvgIpc) is 2.12. The third kappa shape index (κ3) is 3.81. The van der Waals surface area contributed by atoms with E-state index in [-0.39, 0.29) is 10.5 Å². The molecule has 19 heavy (non-hydrogen) atoms. The van der Waals surface area contributed by atoms with Gasteiger partial charge in [-0.1, -0.05) is 41.5 Å². The molecule has 1 fully saturated rings. The van der Waals surface area contributed by atoms with Crippen molar-refractivity contribution in [2.24, 2.45) is 17.2 Å². The van der Waals surface area contributed by atoms with Gasteiger partial charge in [0.2, 0.25) is 0 Å². The first-order chi connectivity index (χ1) is 8.40. The van der Waals surface area contributed by atoms with Gasteiger partial charge in [-0.25, -0.2) is 0 Å². The highest BCUT2D eigenvalue weighted by Gasteiger charge is 2.45. The second-order valence-electron chi connectivity index (χ2n) is 8.55. The van der Waals surface area contributed by atoms with Gasteiger partial charge >= 0.3 is 0 Å². The Morgan fingerprint density at radius 1 is 1.26 bits per heavy atom. The summed E-state index contributed by atoms with van der Waals surface area (Å²) in [5.41, 5.74) is 3.21. The van der Waals surface area contributed by atoms with Crippen LogP contribution in [0.2, 0.25) is 18.1 Å². The lowest BCUT2D eigenvalue weighted by atomic mass is 9.68. The summed E-state index contributed by atoms with van der Waals surface area (Å²) < 4.78 is 6.61. The molecule has 1 rings (SSSR count). The van der Waals surface area contributed by atoms with E-state index < -0.39 is 8.32 Å². The van der Waals surface area contributed by atoms with Crippen LogP contribution >= 0.6 is 0 Å². The van der Waals surface area contributed by atoms with E-state index in [1.807, 2.05) is 0 Å². The number of hydrogen-bond donors (Lipinski definition) is 2. The fourth-order valence-electron chi connectivity index (χ4n) is 3.19. The molecule has 0 heterocycles. The van der Waals surface area contributed by atoms with Crippen LogP contribution in [-0.4, -0.2) is 20.5 Å². The monoisotopic (exact) mass is 286 g/mol. The summed E-state index contributed by atoms with van der Waals surface area (Å²) in [6, 6.07) is 0.381. The van der Waals surface area contributed by atoms with Crippen LogP contribution in [0.15, 0.2) is 0 Å². The first-order valence-corrected chi connectivity index (χ1v) is 10.5. The molecule has 1 aliphatic carbocycles. The van der Waals surface area contributed by atoms with E-state index in [1.54, 1.807) is 0 Å². The van der Waals surface area contributed by atoms with Crippen molar-refractivity contribution in [3.8, 4) is 0 Å². The third-order valence-corrected chi connectivity index (χ3v) is 9.78. The van der Waals surface area contributed by atoms with Crippen molar-refractivity contribution in [2.75, 3.05) is 0 Å². The van der Waals surface area contributed by atoms with Crippen molar-refractivity contribution in [3.63, 3.8) is 0 Å². The summed E-state index contributed by atoms with van der Waals surface area (Å²) in [6.07, 6.45) is 2.60. The quantitative estimate of drug-likeness (QED) is 0.473. The van der Waals surface area contributed by atoms with Crippen LogP contribution in [0.3, 0.4) is 0 Å². The van der Waals surface area contributed by atoms with Crippen LogP contribution in [0, 0.1) is 11.3 Å². The Morgan fingerprint density at radius 3 is 2.16 bits per heavy atom. The predicted molar refractivity (Wildman–Crippen MR) is 85.4 cm³/mol. The van der Waals surface area contributed by atoms with Gasteiger partial charge in [0.05, 0.1) is 0 Å². The Hall–Kier alpha value is 0.0969. The Kier molecular flexibility index (Phi) is 4.94. The summed E-state index contributed by atoms with van der Waals surface area (Å²) in [6.45, 7) is 18.5. The van der Waals surface area contributed by atoms with E-state index in [0.29, 0.717) is 18.1 Å². The molecule has 0 radical (unpaired) electrons. The average molecular weight is 287 g/mol. The van der Waals surface area contributed by atoms with E-state index in [9.17, 15) is 0 Å². The third-order valence-electron chi connectivity index (χ3n) is 5.25. The van der Waals surface area contributed by atoms with Gasteiger partial charge in [-0.15, -0.1) is 0 Å². The van der Waals surface area contributed by atoms with E-state index in [1.165, 1.54) is 0 Å². The molecule has 4 heteroatoms. The number of nitrogens with one attached hydrogen (secondary N) is 1. The molecule has 0 saturated heterocycles. The van der Waals surface area contributed by atoms with Crippen molar-refractivity contribution in [1.29, 1.82) is 0 Å². The predicted octanol–water partition coefficient (Wildman–Crippen LogP) is 3.66. The number of rotatable bonds is 3. The van der Waals surface area contributed by atoms with Crippen LogP contribution in [0.4, 0.5) is 0 Å².